The van der Waals surface area contributed by atoms with Gasteiger partial charge in [-0.25, -0.2) is 4.79 Å². The van der Waals surface area contributed by atoms with E-state index in [1.807, 2.05) is 12.1 Å². The highest BCUT2D eigenvalue weighted by Gasteiger charge is 2.26. The number of primary amides is 1. The Morgan fingerprint density at radius 3 is 2.63 bits per heavy atom. The van der Waals surface area contributed by atoms with Crippen LogP contribution in [0.15, 0.2) is 47.4 Å². The zero-order valence-corrected chi connectivity index (χ0v) is 20.5. The molecule has 0 saturated heterocycles. The Morgan fingerprint density at radius 1 is 1.20 bits per heavy atom. The Labute approximate surface area is 206 Å². The molecule has 10 heteroatoms. The van der Waals surface area contributed by atoms with Gasteiger partial charge in [0.2, 0.25) is 0 Å². The lowest BCUT2D eigenvalue weighted by Crippen LogP contribution is -2.14. The van der Waals surface area contributed by atoms with Crippen molar-refractivity contribution in [3.8, 4) is 11.5 Å². The summed E-state index contributed by atoms with van der Waals surface area (Å²) in [6.45, 7) is 7.15. The molecule has 3 aromatic rings. The summed E-state index contributed by atoms with van der Waals surface area (Å²) < 4.78 is 21.8. The number of nitrogens with two attached hydrogens (primary N) is 1. The molecule has 2 aromatic heterocycles. The predicted molar refractivity (Wildman–Crippen MR) is 131 cm³/mol. The number of hydrogen-bond donors (Lipinski definition) is 2. The molecular formula is C25H26N2O7S. The molecule has 9 nitrogen and oxygen atoms in total. The second-order valence-corrected chi connectivity index (χ2v) is 8.35. The van der Waals surface area contributed by atoms with Crippen molar-refractivity contribution in [2.24, 2.45) is 5.73 Å². The number of anilines is 1. The number of allylic oxidation sites excluding steroid dienone is 1. The number of nitrogens with one attached hydrogen (secondary N) is 1. The molecule has 3 N–H and O–H groups in total. The highest BCUT2D eigenvalue weighted by atomic mass is 32.1. The van der Waals surface area contributed by atoms with Gasteiger partial charge >= 0.3 is 5.97 Å². The summed E-state index contributed by atoms with van der Waals surface area (Å²) in [5.41, 5.74) is 6.87. The quantitative estimate of drug-likeness (QED) is 0.294. The first-order chi connectivity index (χ1) is 16.8. The van der Waals surface area contributed by atoms with Crippen LogP contribution in [-0.4, -0.2) is 31.5 Å². The first kappa shape index (κ1) is 25.6. The Morgan fingerprint density at radius 2 is 1.97 bits per heavy atom. The van der Waals surface area contributed by atoms with Crippen LogP contribution in [0.4, 0.5) is 5.00 Å². The number of thiophene rings is 1. The topological polar surface area (TPSA) is 130 Å². The van der Waals surface area contributed by atoms with E-state index in [2.05, 4.69) is 11.9 Å². The van der Waals surface area contributed by atoms with Gasteiger partial charge in [-0.2, -0.15) is 0 Å². The molecule has 0 fully saturated rings. The molecule has 0 spiro atoms. The van der Waals surface area contributed by atoms with E-state index < -0.39 is 17.8 Å². The van der Waals surface area contributed by atoms with Crippen molar-refractivity contribution in [2.75, 3.05) is 19.0 Å². The van der Waals surface area contributed by atoms with Gasteiger partial charge in [-0.15, -0.1) is 17.9 Å². The molecule has 184 valence electrons. The minimum Gasteiger partial charge on any atom is -0.493 e. The van der Waals surface area contributed by atoms with Crippen LogP contribution in [-0.2, 0) is 17.8 Å². The SMILES string of the molecule is C=CCc1ccc(OCc2ccc(C(=O)Nc3sc(C(N)=O)c(C)c3C(=O)OCC)o2)c(OC)c1. The van der Waals surface area contributed by atoms with E-state index in [4.69, 9.17) is 24.4 Å². The van der Waals surface area contributed by atoms with Gasteiger partial charge in [-0.1, -0.05) is 12.1 Å². The van der Waals surface area contributed by atoms with Crippen molar-refractivity contribution in [1.82, 2.24) is 0 Å². The summed E-state index contributed by atoms with van der Waals surface area (Å²) in [5, 5.41) is 2.77. The third-order valence-corrected chi connectivity index (χ3v) is 6.16. The van der Waals surface area contributed by atoms with Crippen LogP contribution in [0.5, 0.6) is 11.5 Å². The van der Waals surface area contributed by atoms with Gasteiger partial charge in [0.1, 0.15) is 17.4 Å². The number of methoxy groups -OCH3 is 1. The molecule has 0 aliphatic rings. The van der Waals surface area contributed by atoms with E-state index in [0.717, 1.165) is 16.9 Å². The molecule has 0 bridgehead atoms. The fourth-order valence-electron chi connectivity index (χ4n) is 3.30. The summed E-state index contributed by atoms with van der Waals surface area (Å²) in [4.78, 5) is 37.1. The first-order valence-corrected chi connectivity index (χ1v) is 11.5. The summed E-state index contributed by atoms with van der Waals surface area (Å²) >= 11 is 0.901. The molecule has 2 heterocycles. The number of carbonyl (C=O) groups excluding carboxylic acids is 3. The van der Waals surface area contributed by atoms with E-state index in [-0.39, 0.29) is 34.4 Å². The van der Waals surface area contributed by atoms with Crippen LogP contribution < -0.4 is 20.5 Å². The Balaban J connectivity index is 1.74. The van der Waals surface area contributed by atoms with Crippen LogP contribution in [0.3, 0.4) is 0 Å². The molecule has 35 heavy (non-hydrogen) atoms. The number of esters is 1. The second-order valence-electron chi connectivity index (χ2n) is 7.33. The van der Waals surface area contributed by atoms with Crippen molar-refractivity contribution >= 4 is 34.1 Å². The number of hydrogen-bond acceptors (Lipinski definition) is 8. The lowest BCUT2D eigenvalue weighted by atomic mass is 10.1. The molecule has 2 amide bonds. The van der Waals surface area contributed by atoms with Gasteiger partial charge in [0.25, 0.3) is 11.8 Å². The molecular weight excluding hydrogens is 472 g/mol. The molecule has 0 unspecified atom stereocenters. The number of benzene rings is 1. The van der Waals surface area contributed by atoms with E-state index in [9.17, 15) is 14.4 Å². The van der Waals surface area contributed by atoms with Crippen molar-refractivity contribution in [3.05, 3.63) is 76.1 Å². The van der Waals surface area contributed by atoms with Crippen LogP contribution >= 0.6 is 11.3 Å². The summed E-state index contributed by atoms with van der Waals surface area (Å²) in [6, 6.07) is 8.65. The lowest BCUT2D eigenvalue weighted by Gasteiger charge is -2.11. The summed E-state index contributed by atoms with van der Waals surface area (Å²) in [7, 11) is 1.55. The largest absolute Gasteiger partial charge is 0.493 e. The van der Waals surface area contributed by atoms with Crippen LogP contribution in [0.2, 0.25) is 0 Å². The fraction of sp³-hybridized carbons (Fsp3) is 0.240. The highest BCUT2D eigenvalue weighted by molar-refractivity contribution is 7.18. The third kappa shape index (κ3) is 5.90. The van der Waals surface area contributed by atoms with Gasteiger partial charge in [0.15, 0.2) is 17.3 Å². The Hall–Kier alpha value is -4.05. The maximum absolute atomic E-state index is 12.8. The molecule has 0 atom stereocenters. The molecule has 0 saturated carbocycles. The number of amides is 2. The average Bonchev–Trinajstić information content (AvgIpc) is 3.43. The average molecular weight is 499 g/mol. The molecule has 0 aliphatic heterocycles. The second kappa shape index (κ2) is 11.4. The fourth-order valence-corrected chi connectivity index (χ4v) is 4.34. The van der Waals surface area contributed by atoms with Gasteiger partial charge < -0.3 is 29.7 Å². The van der Waals surface area contributed by atoms with Crippen LogP contribution in [0.1, 0.15) is 54.4 Å². The highest BCUT2D eigenvalue weighted by Crippen LogP contribution is 2.34. The van der Waals surface area contributed by atoms with Gasteiger partial charge in [0.05, 0.1) is 24.2 Å². The number of carbonyl (C=O) groups is 3. The standard InChI is InChI=1S/C25H26N2O7S/c1-5-7-15-8-10-17(19(12-15)31-4)33-13-16-9-11-18(34-16)23(29)27-24-20(25(30)32-6-2)14(3)21(35-24)22(26)28/h5,8-12H,1,6-7,13H2,2-4H3,(H2,26,28)(H,27,29). The van der Waals surface area contributed by atoms with Crippen molar-refractivity contribution in [3.63, 3.8) is 0 Å². The lowest BCUT2D eigenvalue weighted by molar-refractivity contribution is 0.0527. The summed E-state index contributed by atoms with van der Waals surface area (Å²) in [5.74, 6) is -0.481. The minimum atomic E-state index is -0.705. The predicted octanol–water partition coefficient (Wildman–Crippen LogP) is 4.49. The van der Waals surface area contributed by atoms with E-state index in [0.29, 0.717) is 29.2 Å². The molecule has 0 radical (unpaired) electrons. The number of ether oxygens (including phenoxy) is 3. The maximum Gasteiger partial charge on any atom is 0.341 e. The zero-order chi connectivity index (χ0) is 25.5. The normalized spacial score (nSPS) is 10.5. The minimum absolute atomic E-state index is 0.00150. The molecule has 0 aliphatic carbocycles. The van der Waals surface area contributed by atoms with Crippen LogP contribution in [0, 0.1) is 6.92 Å². The maximum atomic E-state index is 12.8. The third-order valence-electron chi connectivity index (χ3n) is 4.94. The van der Waals surface area contributed by atoms with Crippen molar-refractivity contribution in [1.29, 1.82) is 0 Å². The number of rotatable bonds is 11. The van der Waals surface area contributed by atoms with Gasteiger partial charge in [0, 0.05) is 0 Å². The number of furan rings is 1. The summed E-state index contributed by atoms with van der Waals surface area (Å²) in [6.07, 6.45) is 2.50. The van der Waals surface area contributed by atoms with E-state index in [1.165, 1.54) is 6.07 Å². The Bertz CT molecular complexity index is 1260. The smallest absolute Gasteiger partial charge is 0.341 e. The van der Waals surface area contributed by atoms with E-state index >= 15 is 0 Å². The van der Waals surface area contributed by atoms with Gasteiger partial charge in [-0.3, -0.25) is 9.59 Å². The zero-order valence-electron chi connectivity index (χ0n) is 19.6. The molecule has 3 rings (SSSR count). The first-order valence-electron chi connectivity index (χ1n) is 10.7. The van der Waals surface area contributed by atoms with Crippen molar-refractivity contribution in [2.45, 2.75) is 26.9 Å². The van der Waals surface area contributed by atoms with E-state index in [1.54, 1.807) is 39.2 Å². The molecule has 1 aromatic carbocycles. The van der Waals surface area contributed by atoms with Gasteiger partial charge in [-0.05, 0) is 55.7 Å². The Kier molecular flexibility index (Phi) is 8.32. The van der Waals surface area contributed by atoms with Crippen molar-refractivity contribution < 1.29 is 33.0 Å². The monoisotopic (exact) mass is 498 g/mol. The van der Waals surface area contributed by atoms with Crippen LogP contribution in [0.25, 0.3) is 0 Å².